The van der Waals surface area contributed by atoms with Gasteiger partial charge in [-0.15, -0.1) is 0 Å². The van der Waals surface area contributed by atoms with Gasteiger partial charge in [-0.05, 0) is 12.1 Å². The molecule has 13 heavy (non-hydrogen) atoms. The van der Waals surface area contributed by atoms with Gasteiger partial charge in [0, 0.05) is 0 Å². The fourth-order valence-electron chi connectivity index (χ4n) is 1.35. The van der Waals surface area contributed by atoms with Crippen molar-refractivity contribution in [1.29, 1.82) is 0 Å². The number of benzene rings is 1. The molecular weight excluding hydrogens is 168 g/mol. The Morgan fingerprint density at radius 1 is 1.38 bits per heavy atom. The lowest BCUT2D eigenvalue weighted by Gasteiger charge is -2.25. The minimum atomic E-state index is -0.161. The molecule has 0 unspecified atom stereocenters. The van der Waals surface area contributed by atoms with E-state index in [0.717, 1.165) is 5.69 Å². The molecule has 0 saturated carbocycles. The van der Waals surface area contributed by atoms with Crippen LogP contribution >= 0.6 is 0 Å². The Balaban J connectivity index is 2.48. The maximum absolute atomic E-state index is 11.1. The molecule has 1 heterocycles. The molecule has 0 aliphatic carbocycles. The van der Waals surface area contributed by atoms with E-state index in [-0.39, 0.29) is 12.5 Å². The van der Waals surface area contributed by atoms with Crippen molar-refractivity contribution in [3.8, 4) is 0 Å². The predicted molar refractivity (Wildman–Crippen MR) is 48.5 cm³/mol. The van der Waals surface area contributed by atoms with Crippen LogP contribution in [0.3, 0.4) is 0 Å². The Bertz CT molecular complexity index is 362. The molecule has 0 aromatic heterocycles. The summed E-state index contributed by atoms with van der Waals surface area (Å²) >= 11 is 0. The second-order valence-electron chi connectivity index (χ2n) is 2.80. The first-order chi connectivity index (χ1) is 6.31. The van der Waals surface area contributed by atoms with Gasteiger partial charge >= 0.3 is 0 Å². The molecule has 66 valence electrons. The van der Waals surface area contributed by atoms with Crippen molar-refractivity contribution < 1.29 is 9.59 Å². The smallest absolute Gasteiger partial charge is 0.244 e. The molecule has 0 fully saturated rings. The summed E-state index contributed by atoms with van der Waals surface area (Å²) in [7, 11) is 0. The van der Waals surface area contributed by atoms with Gasteiger partial charge in [-0.25, -0.2) is 0 Å². The lowest BCUT2D eigenvalue weighted by molar-refractivity contribution is -0.117. The monoisotopic (exact) mass is 176 g/mol. The van der Waals surface area contributed by atoms with Crippen molar-refractivity contribution in [3.05, 3.63) is 24.3 Å². The number of nitrogens with one attached hydrogen (secondary N) is 1. The molecule has 0 spiro atoms. The van der Waals surface area contributed by atoms with Crippen molar-refractivity contribution in [2.45, 2.75) is 0 Å². The largest absolute Gasteiger partial charge is 0.323 e. The first-order valence-electron chi connectivity index (χ1n) is 3.92. The molecule has 1 aromatic carbocycles. The average molecular weight is 176 g/mol. The topological polar surface area (TPSA) is 49.4 Å². The Morgan fingerprint density at radius 2 is 2.15 bits per heavy atom. The Kier molecular flexibility index (Phi) is 1.73. The number of carbonyl (C=O) groups is 2. The van der Waals surface area contributed by atoms with E-state index in [1.807, 2.05) is 12.1 Å². The summed E-state index contributed by atoms with van der Waals surface area (Å²) in [6.07, 6.45) is 0.664. The third kappa shape index (κ3) is 1.26. The summed E-state index contributed by atoms with van der Waals surface area (Å²) in [5, 5.41) is 2.68. The lowest BCUT2D eigenvalue weighted by atomic mass is 10.2. The molecule has 1 N–H and O–H groups in total. The van der Waals surface area contributed by atoms with Crippen LogP contribution < -0.4 is 10.2 Å². The van der Waals surface area contributed by atoms with Gasteiger partial charge in [0.1, 0.15) is 6.54 Å². The highest BCUT2D eigenvalue weighted by Crippen LogP contribution is 2.27. The minimum absolute atomic E-state index is 0.0977. The van der Waals surface area contributed by atoms with E-state index >= 15 is 0 Å². The molecule has 4 nitrogen and oxygen atoms in total. The number of fused-ring (bicyclic) bond motifs is 1. The van der Waals surface area contributed by atoms with E-state index in [0.29, 0.717) is 12.1 Å². The van der Waals surface area contributed by atoms with Crippen molar-refractivity contribution in [2.75, 3.05) is 16.8 Å². The number of hydrogen-bond donors (Lipinski definition) is 1. The lowest BCUT2D eigenvalue weighted by Crippen LogP contribution is -2.37. The molecule has 2 amide bonds. The Hall–Kier alpha value is -1.84. The number of anilines is 2. The van der Waals surface area contributed by atoms with E-state index in [2.05, 4.69) is 5.32 Å². The zero-order valence-corrected chi connectivity index (χ0v) is 6.86. The first kappa shape index (κ1) is 7.79. The van der Waals surface area contributed by atoms with Crippen LogP contribution in [0.15, 0.2) is 24.3 Å². The predicted octanol–water partition coefficient (Wildman–Crippen LogP) is 0.601. The van der Waals surface area contributed by atoms with E-state index < -0.39 is 0 Å². The van der Waals surface area contributed by atoms with Crippen LogP contribution in [0.2, 0.25) is 0 Å². The SMILES string of the molecule is O=CN1CC(=O)Nc2ccccc21. The molecular formula is C9H8N2O2. The summed E-state index contributed by atoms with van der Waals surface area (Å²) in [5.74, 6) is -0.161. The highest BCUT2D eigenvalue weighted by molar-refractivity contribution is 6.05. The maximum atomic E-state index is 11.1. The first-order valence-corrected chi connectivity index (χ1v) is 3.92. The van der Waals surface area contributed by atoms with E-state index in [1.54, 1.807) is 12.1 Å². The van der Waals surface area contributed by atoms with E-state index in [9.17, 15) is 9.59 Å². The molecule has 0 atom stereocenters. The normalized spacial score (nSPS) is 14.8. The van der Waals surface area contributed by atoms with E-state index in [1.165, 1.54) is 4.90 Å². The number of nitrogens with zero attached hydrogens (tertiary/aromatic N) is 1. The summed E-state index contributed by atoms with van der Waals surface area (Å²) in [5.41, 5.74) is 1.43. The highest BCUT2D eigenvalue weighted by atomic mass is 16.2. The van der Waals surface area contributed by atoms with Crippen molar-refractivity contribution in [1.82, 2.24) is 0 Å². The maximum Gasteiger partial charge on any atom is 0.244 e. The van der Waals surface area contributed by atoms with Crippen molar-refractivity contribution >= 4 is 23.7 Å². The molecule has 0 saturated heterocycles. The second-order valence-corrected chi connectivity index (χ2v) is 2.80. The van der Waals surface area contributed by atoms with Crippen LogP contribution in [0.4, 0.5) is 11.4 Å². The number of carbonyl (C=O) groups excluding carboxylic acids is 2. The third-order valence-electron chi connectivity index (χ3n) is 1.93. The molecule has 0 radical (unpaired) electrons. The summed E-state index contributed by atoms with van der Waals surface area (Å²) in [6.45, 7) is 0.0977. The highest BCUT2D eigenvalue weighted by Gasteiger charge is 2.20. The van der Waals surface area contributed by atoms with E-state index in [4.69, 9.17) is 0 Å². The summed E-state index contributed by atoms with van der Waals surface area (Å²) in [4.78, 5) is 23.1. The van der Waals surface area contributed by atoms with Gasteiger partial charge in [-0.2, -0.15) is 0 Å². The zero-order chi connectivity index (χ0) is 9.26. The van der Waals surface area contributed by atoms with Crippen LogP contribution in [0.1, 0.15) is 0 Å². The van der Waals surface area contributed by atoms with Gasteiger partial charge in [0.25, 0.3) is 0 Å². The Morgan fingerprint density at radius 3 is 2.92 bits per heavy atom. The zero-order valence-electron chi connectivity index (χ0n) is 6.86. The quantitative estimate of drug-likeness (QED) is 0.637. The van der Waals surface area contributed by atoms with Gasteiger partial charge in [-0.1, -0.05) is 12.1 Å². The fraction of sp³-hybridized carbons (Fsp3) is 0.111. The van der Waals surface area contributed by atoms with Gasteiger partial charge < -0.3 is 10.2 Å². The van der Waals surface area contributed by atoms with Crippen LogP contribution in [0.25, 0.3) is 0 Å². The standard InChI is InChI=1S/C9H8N2O2/c12-6-11-5-9(13)10-7-3-1-2-4-8(7)11/h1-4,6H,5H2,(H,10,13). The number of para-hydroxylation sites is 2. The van der Waals surface area contributed by atoms with Crippen LogP contribution in [-0.4, -0.2) is 18.9 Å². The summed E-state index contributed by atoms with van der Waals surface area (Å²) in [6, 6.07) is 7.20. The molecule has 1 aromatic rings. The molecule has 2 rings (SSSR count). The Labute approximate surface area is 75.2 Å². The van der Waals surface area contributed by atoms with Crippen molar-refractivity contribution in [3.63, 3.8) is 0 Å². The van der Waals surface area contributed by atoms with Crippen LogP contribution in [0, 0.1) is 0 Å². The molecule has 4 heteroatoms. The number of hydrogen-bond acceptors (Lipinski definition) is 2. The van der Waals surface area contributed by atoms with Crippen LogP contribution in [0.5, 0.6) is 0 Å². The van der Waals surface area contributed by atoms with Gasteiger partial charge in [0.2, 0.25) is 12.3 Å². The molecule has 0 bridgehead atoms. The van der Waals surface area contributed by atoms with Crippen LogP contribution in [-0.2, 0) is 9.59 Å². The second kappa shape index (κ2) is 2.90. The number of amides is 2. The van der Waals surface area contributed by atoms with Gasteiger partial charge in [0.05, 0.1) is 11.4 Å². The fourth-order valence-corrected chi connectivity index (χ4v) is 1.35. The number of rotatable bonds is 1. The third-order valence-corrected chi connectivity index (χ3v) is 1.93. The van der Waals surface area contributed by atoms with Gasteiger partial charge in [0.15, 0.2) is 0 Å². The van der Waals surface area contributed by atoms with Gasteiger partial charge in [-0.3, -0.25) is 9.59 Å². The minimum Gasteiger partial charge on any atom is -0.323 e. The van der Waals surface area contributed by atoms with Crippen molar-refractivity contribution in [2.24, 2.45) is 0 Å². The average Bonchev–Trinajstić information content (AvgIpc) is 2.16. The molecule has 1 aliphatic heterocycles. The molecule has 1 aliphatic rings. The summed E-state index contributed by atoms with van der Waals surface area (Å²) < 4.78 is 0.